The highest BCUT2D eigenvalue weighted by Crippen LogP contribution is 2.10. The fourth-order valence-electron chi connectivity index (χ4n) is 1.30. The molecule has 90 valence electrons. The fourth-order valence-corrected chi connectivity index (χ4v) is 1.42. The molecule has 6 nitrogen and oxygen atoms in total. The summed E-state index contributed by atoms with van der Waals surface area (Å²) in [6.45, 7) is 1.06. The summed E-state index contributed by atoms with van der Waals surface area (Å²) in [5.41, 5.74) is 1.67. The van der Waals surface area contributed by atoms with Crippen LogP contribution in [0.3, 0.4) is 0 Å². The van der Waals surface area contributed by atoms with Crippen LogP contribution >= 0.6 is 11.6 Å². The molecule has 0 aliphatic heterocycles. The zero-order valence-corrected chi connectivity index (χ0v) is 9.80. The normalized spacial score (nSPS) is 10.5. The molecule has 2 aromatic rings. The van der Waals surface area contributed by atoms with Gasteiger partial charge in [0.1, 0.15) is 10.8 Å². The summed E-state index contributed by atoms with van der Waals surface area (Å²) < 4.78 is 1.59. The lowest BCUT2D eigenvalue weighted by Crippen LogP contribution is -2.02. The molecule has 0 radical (unpaired) electrons. The molecule has 17 heavy (non-hydrogen) atoms. The maximum atomic E-state index is 8.74. The number of hydrogen-bond donors (Lipinski definition) is 2. The molecule has 0 atom stereocenters. The van der Waals surface area contributed by atoms with E-state index in [1.54, 1.807) is 23.1 Å². The van der Waals surface area contributed by atoms with E-state index in [1.807, 2.05) is 6.07 Å². The van der Waals surface area contributed by atoms with E-state index in [1.165, 1.54) is 0 Å². The van der Waals surface area contributed by atoms with Crippen molar-refractivity contribution in [1.82, 2.24) is 20.0 Å². The highest BCUT2D eigenvalue weighted by molar-refractivity contribution is 6.29. The monoisotopic (exact) mass is 253 g/mol. The third-order valence-corrected chi connectivity index (χ3v) is 2.34. The van der Waals surface area contributed by atoms with E-state index in [4.69, 9.17) is 16.7 Å². The Hall–Kier alpha value is -1.66. The molecule has 2 rings (SSSR count). The number of hydrogen-bond acceptors (Lipinski definition) is 5. The molecule has 2 heterocycles. The van der Waals surface area contributed by atoms with E-state index in [0.717, 1.165) is 11.4 Å². The summed E-state index contributed by atoms with van der Waals surface area (Å²) in [5.74, 6) is 0. The van der Waals surface area contributed by atoms with Crippen LogP contribution in [0.4, 0.5) is 5.69 Å². The number of aromatic nitrogens is 4. The third kappa shape index (κ3) is 3.40. The van der Waals surface area contributed by atoms with Crippen LogP contribution in [0, 0.1) is 0 Å². The lowest BCUT2D eigenvalue weighted by molar-refractivity contribution is 0.268. The van der Waals surface area contributed by atoms with Crippen LogP contribution in [0.2, 0.25) is 5.15 Å². The van der Waals surface area contributed by atoms with Gasteiger partial charge in [-0.1, -0.05) is 16.8 Å². The molecular weight excluding hydrogens is 242 g/mol. The van der Waals surface area contributed by atoms with Crippen LogP contribution < -0.4 is 5.32 Å². The van der Waals surface area contributed by atoms with E-state index in [9.17, 15) is 0 Å². The molecule has 0 bridgehead atoms. The largest absolute Gasteiger partial charge is 0.394 e. The SMILES string of the molecule is OCCn1cc(CNc2ccc(Cl)nc2)nn1. The molecule has 0 spiro atoms. The average Bonchev–Trinajstić information content (AvgIpc) is 2.77. The van der Waals surface area contributed by atoms with Gasteiger partial charge in [0.05, 0.1) is 37.8 Å². The van der Waals surface area contributed by atoms with Crippen molar-refractivity contribution in [1.29, 1.82) is 0 Å². The number of rotatable bonds is 5. The molecule has 2 N–H and O–H groups in total. The zero-order valence-electron chi connectivity index (χ0n) is 9.04. The van der Waals surface area contributed by atoms with Crippen LogP contribution in [-0.4, -0.2) is 31.7 Å². The minimum absolute atomic E-state index is 0.0529. The Kier molecular flexibility index (Phi) is 3.89. The first-order valence-corrected chi connectivity index (χ1v) is 5.51. The van der Waals surface area contributed by atoms with Crippen molar-refractivity contribution in [3.63, 3.8) is 0 Å². The van der Waals surface area contributed by atoms with Gasteiger partial charge in [-0.05, 0) is 12.1 Å². The molecule has 0 aromatic carbocycles. The topological polar surface area (TPSA) is 75.9 Å². The number of nitrogens with one attached hydrogen (secondary N) is 1. The Balaban J connectivity index is 1.90. The van der Waals surface area contributed by atoms with Crippen LogP contribution in [-0.2, 0) is 13.1 Å². The highest BCUT2D eigenvalue weighted by Gasteiger charge is 2.00. The maximum absolute atomic E-state index is 8.74. The van der Waals surface area contributed by atoms with E-state index in [2.05, 4.69) is 20.6 Å². The molecule has 2 aromatic heterocycles. The summed E-state index contributed by atoms with van der Waals surface area (Å²) in [7, 11) is 0. The molecule has 0 amide bonds. The van der Waals surface area contributed by atoms with Crippen LogP contribution in [0.15, 0.2) is 24.5 Å². The summed E-state index contributed by atoms with van der Waals surface area (Å²) >= 11 is 5.68. The van der Waals surface area contributed by atoms with Crippen molar-refractivity contribution in [3.8, 4) is 0 Å². The number of pyridine rings is 1. The first-order valence-electron chi connectivity index (χ1n) is 5.13. The second-order valence-electron chi connectivity index (χ2n) is 3.42. The van der Waals surface area contributed by atoms with Gasteiger partial charge in [-0.25, -0.2) is 9.67 Å². The fraction of sp³-hybridized carbons (Fsp3) is 0.300. The second-order valence-corrected chi connectivity index (χ2v) is 3.81. The Morgan fingerprint density at radius 1 is 1.41 bits per heavy atom. The number of aliphatic hydroxyl groups excluding tert-OH is 1. The average molecular weight is 254 g/mol. The predicted octanol–water partition coefficient (Wildman–Crippen LogP) is 0.931. The summed E-state index contributed by atoms with van der Waals surface area (Å²) in [5, 5.41) is 20.2. The van der Waals surface area contributed by atoms with Crippen molar-refractivity contribution in [3.05, 3.63) is 35.4 Å². The molecular formula is C10H12ClN5O. The number of anilines is 1. The number of nitrogens with zero attached hydrogens (tertiary/aromatic N) is 4. The van der Waals surface area contributed by atoms with Gasteiger partial charge >= 0.3 is 0 Å². The van der Waals surface area contributed by atoms with Crippen molar-refractivity contribution in [2.24, 2.45) is 0 Å². The van der Waals surface area contributed by atoms with Gasteiger partial charge in [0.2, 0.25) is 0 Å². The molecule has 0 aliphatic carbocycles. The van der Waals surface area contributed by atoms with E-state index in [0.29, 0.717) is 18.2 Å². The highest BCUT2D eigenvalue weighted by atomic mass is 35.5. The molecule has 7 heteroatoms. The number of halogens is 1. The summed E-state index contributed by atoms with van der Waals surface area (Å²) in [4.78, 5) is 3.95. The molecule has 0 saturated heterocycles. The minimum Gasteiger partial charge on any atom is -0.394 e. The Morgan fingerprint density at radius 3 is 3.00 bits per heavy atom. The Labute approximate surface area is 103 Å². The van der Waals surface area contributed by atoms with Gasteiger partial charge in [0.15, 0.2) is 0 Å². The van der Waals surface area contributed by atoms with Crippen LogP contribution in [0.25, 0.3) is 0 Å². The predicted molar refractivity (Wildman–Crippen MR) is 63.7 cm³/mol. The van der Waals surface area contributed by atoms with Gasteiger partial charge in [-0.3, -0.25) is 0 Å². The van der Waals surface area contributed by atoms with Crippen molar-refractivity contribution in [2.45, 2.75) is 13.1 Å². The smallest absolute Gasteiger partial charge is 0.129 e. The van der Waals surface area contributed by atoms with Gasteiger partial charge in [-0.2, -0.15) is 0 Å². The first kappa shape index (κ1) is 11.8. The summed E-state index contributed by atoms with van der Waals surface area (Å²) in [6.07, 6.45) is 3.44. The molecule has 0 aliphatic rings. The van der Waals surface area contributed by atoms with Crippen molar-refractivity contribution >= 4 is 17.3 Å². The quantitative estimate of drug-likeness (QED) is 0.776. The summed E-state index contributed by atoms with van der Waals surface area (Å²) in [6, 6.07) is 3.56. The Bertz CT molecular complexity index is 470. The standard InChI is InChI=1S/C10H12ClN5O/c11-10-2-1-8(5-13-10)12-6-9-7-16(3-4-17)15-14-9/h1-2,5,7,12,17H,3-4,6H2. The van der Waals surface area contributed by atoms with E-state index in [-0.39, 0.29) is 6.61 Å². The van der Waals surface area contributed by atoms with Gasteiger partial charge < -0.3 is 10.4 Å². The van der Waals surface area contributed by atoms with Crippen molar-refractivity contribution in [2.75, 3.05) is 11.9 Å². The van der Waals surface area contributed by atoms with E-state index < -0.39 is 0 Å². The molecule has 0 fully saturated rings. The van der Waals surface area contributed by atoms with Crippen LogP contribution in [0.1, 0.15) is 5.69 Å². The van der Waals surface area contributed by atoms with Crippen molar-refractivity contribution < 1.29 is 5.11 Å². The minimum atomic E-state index is 0.0529. The molecule has 0 unspecified atom stereocenters. The number of aliphatic hydroxyl groups is 1. The zero-order chi connectivity index (χ0) is 12.1. The maximum Gasteiger partial charge on any atom is 0.129 e. The lowest BCUT2D eigenvalue weighted by Gasteiger charge is -2.02. The van der Waals surface area contributed by atoms with E-state index >= 15 is 0 Å². The second kappa shape index (κ2) is 5.60. The van der Waals surface area contributed by atoms with Crippen LogP contribution in [0.5, 0.6) is 0 Å². The first-order chi connectivity index (χ1) is 8.28. The lowest BCUT2D eigenvalue weighted by atomic mass is 10.4. The molecule has 0 saturated carbocycles. The van der Waals surface area contributed by atoms with Gasteiger partial charge in [0.25, 0.3) is 0 Å². The third-order valence-electron chi connectivity index (χ3n) is 2.12. The van der Waals surface area contributed by atoms with Gasteiger partial charge in [-0.15, -0.1) is 5.10 Å². The van der Waals surface area contributed by atoms with Gasteiger partial charge in [0, 0.05) is 0 Å². The Morgan fingerprint density at radius 2 is 2.29 bits per heavy atom.